The van der Waals surface area contributed by atoms with Crippen LogP contribution in [0, 0.1) is 0 Å². The minimum Gasteiger partial charge on any atom is -0.398 e. The lowest BCUT2D eigenvalue weighted by atomic mass is 10.3. The minimum absolute atomic E-state index is 0.442. The highest BCUT2D eigenvalue weighted by molar-refractivity contribution is 7.99. The summed E-state index contributed by atoms with van der Waals surface area (Å²) >= 11 is 19.0. The van der Waals surface area contributed by atoms with Crippen LogP contribution >= 0.6 is 46.6 Å². The third-order valence-corrected chi connectivity index (χ3v) is 3.94. The molecule has 2 rings (SSSR count). The van der Waals surface area contributed by atoms with Gasteiger partial charge in [-0.25, -0.2) is 4.98 Å². The molecule has 17 heavy (non-hydrogen) atoms. The van der Waals surface area contributed by atoms with Crippen LogP contribution < -0.4 is 5.73 Å². The summed E-state index contributed by atoms with van der Waals surface area (Å²) in [6, 6.07) is 6.93. The molecule has 1 aromatic carbocycles. The lowest BCUT2D eigenvalue weighted by Crippen LogP contribution is -1.89. The van der Waals surface area contributed by atoms with Gasteiger partial charge in [-0.3, -0.25) is 0 Å². The van der Waals surface area contributed by atoms with Crippen molar-refractivity contribution >= 4 is 52.3 Å². The Balaban J connectivity index is 2.30. The van der Waals surface area contributed by atoms with Crippen molar-refractivity contribution in [2.75, 3.05) is 5.73 Å². The molecule has 0 bridgehead atoms. The molecule has 0 unspecified atom stereocenters. The second kappa shape index (κ2) is 5.36. The Morgan fingerprint density at radius 3 is 2.41 bits per heavy atom. The summed E-state index contributed by atoms with van der Waals surface area (Å²) < 4.78 is 0. The van der Waals surface area contributed by atoms with E-state index in [-0.39, 0.29) is 0 Å². The molecule has 2 N–H and O–H groups in total. The van der Waals surface area contributed by atoms with Gasteiger partial charge in [-0.15, -0.1) is 0 Å². The normalized spacial score (nSPS) is 10.5. The molecule has 2 nitrogen and oxygen atoms in total. The van der Waals surface area contributed by atoms with Crippen molar-refractivity contribution in [1.29, 1.82) is 0 Å². The van der Waals surface area contributed by atoms with E-state index in [4.69, 9.17) is 40.5 Å². The van der Waals surface area contributed by atoms with Crippen LogP contribution in [-0.2, 0) is 0 Å². The first-order chi connectivity index (χ1) is 8.06. The quantitative estimate of drug-likeness (QED) is 0.812. The molecule has 6 heteroatoms. The fraction of sp³-hybridized carbons (Fsp3) is 0. The van der Waals surface area contributed by atoms with E-state index in [0.29, 0.717) is 20.8 Å². The van der Waals surface area contributed by atoms with Gasteiger partial charge in [0.05, 0.1) is 15.1 Å². The van der Waals surface area contributed by atoms with Crippen molar-refractivity contribution in [3.05, 3.63) is 45.5 Å². The average molecular weight is 306 g/mol. The molecule has 0 spiro atoms. The van der Waals surface area contributed by atoms with Gasteiger partial charge in [0.2, 0.25) is 0 Å². The molecule has 0 aliphatic heterocycles. The smallest absolute Gasteiger partial charge is 0.101 e. The average Bonchev–Trinajstić information content (AvgIpc) is 2.29. The summed E-state index contributed by atoms with van der Waals surface area (Å²) in [6.45, 7) is 0. The molecule has 88 valence electrons. The Morgan fingerprint density at radius 1 is 1.06 bits per heavy atom. The molecule has 1 aromatic heterocycles. The number of halogens is 3. The summed E-state index contributed by atoms with van der Waals surface area (Å²) in [5.74, 6) is 0. The zero-order chi connectivity index (χ0) is 12.4. The molecule has 0 amide bonds. The van der Waals surface area contributed by atoms with Gasteiger partial charge in [-0.05, 0) is 24.3 Å². The molecule has 2 aromatic rings. The zero-order valence-electron chi connectivity index (χ0n) is 8.45. The summed E-state index contributed by atoms with van der Waals surface area (Å²) in [7, 11) is 0. The number of nitrogens with two attached hydrogens (primary N) is 1. The van der Waals surface area contributed by atoms with Crippen molar-refractivity contribution in [3.63, 3.8) is 0 Å². The second-order valence-electron chi connectivity index (χ2n) is 3.22. The highest BCUT2D eigenvalue weighted by Gasteiger charge is 2.07. The van der Waals surface area contributed by atoms with Crippen LogP contribution in [0.15, 0.2) is 40.4 Å². The van der Waals surface area contributed by atoms with E-state index >= 15 is 0 Å². The van der Waals surface area contributed by atoms with Crippen LogP contribution in [0.25, 0.3) is 0 Å². The number of nitrogens with zero attached hydrogens (tertiary/aromatic N) is 1. The summed E-state index contributed by atoms with van der Waals surface area (Å²) in [5, 5.41) is 2.30. The van der Waals surface area contributed by atoms with Gasteiger partial charge in [0, 0.05) is 16.8 Å². The van der Waals surface area contributed by atoms with E-state index in [1.807, 2.05) is 6.07 Å². The summed E-state index contributed by atoms with van der Waals surface area (Å²) in [5.41, 5.74) is 6.42. The maximum absolute atomic E-state index is 5.93. The predicted octanol–water partition coefficient (Wildman–Crippen LogP) is 4.78. The third-order valence-electron chi connectivity index (χ3n) is 1.97. The summed E-state index contributed by atoms with van der Waals surface area (Å²) in [6.07, 6.45) is 1.58. The molecule has 0 saturated carbocycles. The molecule has 0 atom stereocenters. The Kier molecular flexibility index (Phi) is 4.05. The molecule has 0 fully saturated rings. The first-order valence-electron chi connectivity index (χ1n) is 4.60. The highest BCUT2D eigenvalue weighted by atomic mass is 35.5. The van der Waals surface area contributed by atoms with Gasteiger partial charge in [-0.2, -0.15) is 0 Å². The van der Waals surface area contributed by atoms with Gasteiger partial charge in [0.25, 0.3) is 0 Å². The number of hydrogen-bond donors (Lipinski definition) is 1. The Hall–Kier alpha value is -0.610. The molecule has 0 aliphatic rings. The second-order valence-corrected chi connectivity index (χ2v) is 5.53. The summed E-state index contributed by atoms with van der Waals surface area (Å²) in [4.78, 5) is 4.98. The van der Waals surface area contributed by atoms with E-state index in [0.717, 1.165) is 9.92 Å². The van der Waals surface area contributed by atoms with Crippen molar-refractivity contribution in [3.8, 4) is 0 Å². The van der Waals surface area contributed by atoms with Crippen LogP contribution in [0.5, 0.6) is 0 Å². The van der Waals surface area contributed by atoms with Crippen molar-refractivity contribution in [2.45, 2.75) is 9.92 Å². The SMILES string of the molecule is Nc1cc(Cl)c(Cl)cc1Sc1ccc(Cl)cn1. The third kappa shape index (κ3) is 3.19. The predicted molar refractivity (Wildman–Crippen MR) is 74.2 cm³/mol. The van der Waals surface area contributed by atoms with Crippen molar-refractivity contribution in [1.82, 2.24) is 4.98 Å². The van der Waals surface area contributed by atoms with Gasteiger partial charge >= 0.3 is 0 Å². The lowest BCUT2D eigenvalue weighted by molar-refractivity contribution is 1.13. The van der Waals surface area contributed by atoms with Crippen molar-refractivity contribution < 1.29 is 0 Å². The Morgan fingerprint density at radius 2 is 1.76 bits per heavy atom. The number of rotatable bonds is 2. The maximum atomic E-state index is 5.93. The number of hydrogen-bond acceptors (Lipinski definition) is 3. The van der Waals surface area contributed by atoms with Crippen LogP contribution in [0.1, 0.15) is 0 Å². The molecule has 0 saturated heterocycles. The monoisotopic (exact) mass is 304 g/mol. The van der Waals surface area contributed by atoms with Crippen LogP contribution in [-0.4, -0.2) is 4.98 Å². The Labute approximate surface area is 118 Å². The van der Waals surface area contributed by atoms with Crippen LogP contribution in [0.2, 0.25) is 15.1 Å². The molecular weight excluding hydrogens is 299 g/mol. The minimum atomic E-state index is 0.442. The molecule has 1 heterocycles. The fourth-order valence-corrected chi connectivity index (χ4v) is 2.50. The van der Waals surface area contributed by atoms with E-state index in [1.165, 1.54) is 11.8 Å². The van der Waals surface area contributed by atoms with E-state index < -0.39 is 0 Å². The first kappa shape index (κ1) is 12.8. The Bertz CT molecular complexity index is 543. The van der Waals surface area contributed by atoms with Crippen LogP contribution in [0.4, 0.5) is 5.69 Å². The van der Waals surface area contributed by atoms with Crippen LogP contribution in [0.3, 0.4) is 0 Å². The number of anilines is 1. The van der Waals surface area contributed by atoms with E-state index in [9.17, 15) is 0 Å². The standard InChI is InChI=1S/C11H7Cl3N2S/c12-6-1-2-11(16-5-6)17-10-4-8(14)7(13)3-9(10)15/h1-5H,15H2. The molecule has 0 radical (unpaired) electrons. The maximum Gasteiger partial charge on any atom is 0.101 e. The molecular formula is C11H7Cl3N2S. The largest absolute Gasteiger partial charge is 0.398 e. The van der Waals surface area contributed by atoms with Gasteiger partial charge in [-0.1, -0.05) is 46.6 Å². The number of pyridine rings is 1. The number of nitrogen functional groups attached to an aromatic ring is 1. The van der Waals surface area contributed by atoms with Gasteiger partial charge in [0.15, 0.2) is 0 Å². The fourth-order valence-electron chi connectivity index (χ4n) is 1.17. The topological polar surface area (TPSA) is 38.9 Å². The van der Waals surface area contributed by atoms with Crippen molar-refractivity contribution in [2.24, 2.45) is 0 Å². The number of benzene rings is 1. The molecule has 0 aliphatic carbocycles. The van der Waals surface area contributed by atoms with E-state index in [2.05, 4.69) is 4.98 Å². The van der Waals surface area contributed by atoms with Gasteiger partial charge in [0.1, 0.15) is 5.03 Å². The number of aromatic nitrogens is 1. The first-order valence-corrected chi connectivity index (χ1v) is 6.55. The highest BCUT2D eigenvalue weighted by Crippen LogP contribution is 2.36. The lowest BCUT2D eigenvalue weighted by Gasteiger charge is -2.06. The van der Waals surface area contributed by atoms with E-state index in [1.54, 1.807) is 24.4 Å². The zero-order valence-corrected chi connectivity index (χ0v) is 11.5. The van der Waals surface area contributed by atoms with Gasteiger partial charge < -0.3 is 5.73 Å².